The maximum atomic E-state index is 13.8. The number of nitrogens with one attached hydrogen (secondary N) is 1. The summed E-state index contributed by atoms with van der Waals surface area (Å²) < 4.78 is 68.9. The van der Waals surface area contributed by atoms with E-state index in [2.05, 4.69) is 10.3 Å². The highest BCUT2D eigenvalue weighted by Gasteiger charge is 2.34. The second-order valence-corrected chi connectivity index (χ2v) is 10.6. The molecule has 0 saturated carbocycles. The lowest BCUT2D eigenvalue weighted by atomic mass is 9.95. The molecule has 0 bridgehead atoms. The van der Waals surface area contributed by atoms with Crippen LogP contribution in [0.2, 0.25) is 5.02 Å². The van der Waals surface area contributed by atoms with Crippen molar-refractivity contribution in [1.29, 1.82) is 0 Å². The summed E-state index contributed by atoms with van der Waals surface area (Å²) in [5.41, 5.74) is 0.0749. The minimum absolute atomic E-state index is 0.0870. The van der Waals surface area contributed by atoms with Crippen LogP contribution in [-0.2, 0) is 11.0 Å². The van der Waals surface area contributed by atoms with Gasteiger partial charge in [0.2, 0.25) is 5.91 Å². The molecule has 13 heteroatoms. The normalized spacial score (nSPS) is 17.2. The van der Waals surface area contributed by atoms with E-state index in [0.29, 0.717) is 50.6 Å². The molecule has 2 amide bonds. The molecule has 3 heterocycles. The van der Waals surface area contributed by atoms with Gasteiger partial charge in [-0.2, -0.15) is 13.2 Å². The van der Waals surface area contributed by atoms with Gasteiger partial charge in [-0.15, -0.1) is 0 Å². The third-order valence-corrected chi connectivity index (χ3v) is 7.69. The summed E-state index contributed by atoms with van der Waals surface area (Å²) in [5.74, 6) is 0.0589. The molecule has 3 aromatic rings. The summed E-state index contributed by atoms with van der Waals surface area (Å²) in [5, 5.41) is 2.36. The third-order valence-electron chi connectivity index (χ3n) is 7.39. The van der Waals surface area contributed by atoms with Crippen molar-refractivity contribution in [1.82, 2.24) is 15.2 Å². The van der Waals surface area contributed by atoms with Crippen molar-refractivity contribution >= 4 is 29.4 Å². The Labute approximate surface area is 250 Å². The molecule has 0 spiro atoms. The van der Waals surface area contributed by atoms with Gasteiger partial charge >= 0.3 is 12.3 Å². The van der Waals surface area contributed by atoms with Gasteiger partial charge in [-0.1, -0.05) is 17.7 Å². The molecule has 2 aliphatic heterocycles. The fraction of sp³-hybridized carbons (Fsp3) is 0.367. The Morgan fingerprint density at radius 1 is 0.977 bits per heavy atom. The van der Waals surface area contributed by atoms with Gasteiger partial charge < -0.3 is 19.9 Å². The average molecular weight is 625 g/mol. The maximum Gasteiger partial charge on any atom is 0.417 e. The number of benzene rings is 2. The highest BCUT2D eigenvalue weighted by Crippen LogP contribution is 2.33. The van der Waals surface area contributed by atoms with Gasteiger partial charge in [0.05, 0.1) is 10.6 Å². The Kier molecular flexibility index (Phi) is 10.4. The maximum absolute atomic E-state index is 13.8. The Hall–Kier alpha value is -3.93. The molecular weight excluding hydrogens is 595 g/mol. The van der Waals surface area contributed by atoms with Gasteiger partial charge in [0, 0.05) is 51.3 Å². The van der Waals surface area contributed by atoms with Crippen molar-refractivity contribution in [3.63, 3.8) is 0 Å². The second kappa shape index (κ2) is 14.0. The lowest BCUT2D eigenvalue weighted by Crippen LogP contribution is -2.42. The lowest BCUT2D eigenvalue weighted by molar-refractivity contribution is -0.138. The Morgan fingerprint density at radius 2 is 1.67 bits per heavy atom. The molecule has 230 valence electrons. The minimum atomic E-state index is -4.41. The van der Waals surface area contributed by atoms with E-state index in [1.165, 1.54) is 43.4 Å². The first-order valence-electron chi connectivity index (χ1n) is 13.6. The molecule has 1 atom stereocenters. The summed E-state index contributed by atoms with van der Waals surface area (Å²) >= 11 is 5.75. The molecule has 43 heavy (non-hydrogen) atoms. The zero-order valence-electron chi connectivity index (χ0n) is 23.2. The average Bonchev–Trinajstić information content (AvgIpc) is 3.50. The van der Waals surface area contributed by atoms with Crippen LogP contribution in [0.15, 0.2) is 60.8 Å². The number of aromatic nitrogens is 1. The SMILES string of the molecule is CNC(=O)Oc1ccc(F)cc1.O=C(C1CCN(c2ccc(C(F)(F)F)cn2)CC1)N1CCC(c2ccc(Cl)c(F)c2)C1. The highest BCUT2D eigenvalue weighted by atomic mass is 35.5. The number of nitrogens with zero attached hydrogens (tertiary/aromatic N) is 3. The number of likely N-dealkylation sites (tertiary alicyclic amines) is 1. The van der Waals surface area contributed by atoms with Gasteiger partial charge in [-0.05, 0) is 73.4 Å². The van der Waals surface area contributed by atoms with Crippen LogP contribution in [0, 0.1) is 17.6 Å². The lowest BCUT2D eigenvalue weighted by Gasteiger charge is -2.34. The fourth-order valence-corrected chi connectivity index (χ4v) is 5.13. The first kappa shape index (κ1) is 32.0. The summed E-state index contributed by atoms with van der Waals surface area (Å²) in [4.78, 5) is 31.3. The van der Waals surface area contributed by atoms with Gasteiger partial charge in [0.15, 0.2) is 0 Å². The number of pyridine rings is 1. The molecule has 1 unspecified atom stereocenters. The van der Waals surface area contributed by atoms with Crippen molar-refractivity contribution < 1.29 is 36.3 Å². The van der Waals surface area contributed by atoms with E-state index in [1.54, 1.807) is 12.1 Å². The van der Waals surface area contributed by atoms with Crippen molar-refractivity contribution in [2.45, 2.75) is 31.4 Å². The third kappa shape index (κ3) is 8.56. The smallest absolute Gasteiger partial charge is 0.410 e. The number of carbonyl (C=O) groups excluding carboxylic acids is 2. The fourth-order valence-electron chi connectivity index (χ4n) is 5.01. The van der Waals surface area contributed by atoms with Crippen molar-refractivity contribution in [2.75, 3.05) is 38.1 Å². The highest BCUT2D eigenvalue weighted by molar-refractivity contribution is 6.30. The van der Waals surface area contributed by atoms with Crippen LogP contribution in [0.3, 0.4) is 0 Å². The topological polar surface area (TPSA) is 74.8 Å². The molecule has 1 aromatic heterocycles. The van der Waals surface area contributed by atoms with Gasteiger partial charge in [-0.25, -0.2) is 18.6 Å². The number of anilines is 1. The number of halogens is 6. The number of piperidine rings is 1. The van der Waals surface area contributed by atoms with Crippen LogP contribution in [-0.4, -0.2) is 55.1 Å². The van der Waals surface area contributed by atoms with E-state index in [1.807, 2.05) is 9.80 Å². The van der Waals surface area contributed by atoms with E-state index in [-0.39, 0.29) is 28.6 Å². The molecule has 2 fully saturated rings. The summed E-state index contributed by atoms with van der Waals surface area (Å²) in [6.45, 7) is 2.32. The van der Waals surface area contributed by atoms with Gasteiger partial charge in [-0.3, -0.25) is 4.79 Å². The predicted octanol–water partition coefficient (Wildman–Crippen LogP) is 6.67. The second-order valence-electron chi connectivity index (χ2n) is 10.2. The van der Waals surface area contributed by atoms with Crippen molar-refractivity contribution in [3.8, 4) is 5.75 Å². The number of hydrogen-bond donors (Lipinski definition) is 1. The molecule has 2 aromatic carbocycles. The van der Waals surface area contributed by atoms with Gasteiger partial charge in [0.1, 0.15) is 23.2 Å². The predicted molar refractivity (Wildman–Crippen MR) is 151 cm³/mol. The summed E-state index contributed by atoms with van der Waals surface area (Å²) in [6.07, 6.45) is -2.11. The number of carbonyl (C=O) groups is 2. The molecule has 0 radical (unpaired) electrons. The van der Waals surface area contributed by atoms with Crippen LogP contribution in [0.25, 0.3) is 0 Å². The van der Waals surface area contributed by atoms with Crippen LogP contribution >= 0.6 is 11.6 Å². The Balaban J connectivity index is 0.000000296. The number of amides is 2. The first-order chi connectivity index (χ1) is 20.4. The van der Waals surface area contributed by atoms with E-state index >= 15 is 0 Å². The van der Waals surface area contributed by atoms with Gasteiger partial charge in [0.25, 0.3) is 0 Å². The van der Waals surface area contributed by atoms with Crippen LogP contribution in [0.5, 0.6) is 5.75 Å². The Bertz CT molecular complexity index is 1400. The van der Waals surface area contributed by atoms with Crippen molar-refractivity contribution in [2.24, 2.45) is 5.92 Å². The summed E-state index contributed by atoms with van der Waals surface area (Å²) in [6, 6.07) is 12.4. The van der Waals surface area contributed by atoms with E-state index in [0.717, 1.165) is 24.2 Å². The van der Waals surface area contributed by atoms with Crippen LogP contribution < -0.4 is 15.0 Å². The minimum Gasteiger partial charge on any atom is -0.410 e. The number of ether oxygens (including phenoxy) is 1. The monoisotopic (exact) mass is 624 g/mol. The summed E-state index contributed by atoms with van der Waals surface area (Å²) in [7, 11) is 1.45. The number of hydrogen-bond acceptors (Lipinski definition) is 5. The molecule has 0 aliphatic carbocycles. The molecule has 7 nitrogen and oxygen atoms in total. The molecule has 2 saturated heterocycles. The molecular formula is C30H30ClF5N4O3. The van der Waals surface area contributed by atoms with E-state index in [9.17, 15) is 31.5 Å². The van der Waals surface area contributed by atoms with E-state index < -0.39 is 23.7 Å². The molecule has 2 aliphatic rings. The molecule has 1 N–H and O–H groups in total. The largest absolute Gasteiger partial charge is 0.417 e. The number of rotatable bonds is 4. The number of alkyl halides is 3. The zero-order chi connectivity index (χ0) is 31.1. The quantitative estimate of drug-likeness (QED) is 0.328. The standard InChI is InChI=1S/C22H22ClF4N3O.C8H8FNO2/c23-18-3-1-15(11-19(18)24)16-7-10-30(13-16)21(31)14-5-8-29(9-6-14)20-4-2-17(12-28-20)22(25,26)27;1-10-8(11)12-7-4-2-6(9)3-5-7/h1-4,11-12,14,16H,5-10,13H2;2-5H,1H3,(H,10,11). The zero-order valence-corrected chi connectivity index (χ0v) is 24.0. The van der Waals surface area contributed by atoms with Crippen LogP contribution in [0.1, 0.15) is 36.3 Å². The van der Waals surface area contributed by atoms with Crippen LogP contribution in [0.4, 0.5) is 32.6 Å². The van der Waals surface area contributed by atoms with Crippen molar-refractivity contribution in [3.05, 3.63) is 88.6 Å². The van der Waals surface area contributed by atoms with E-state index in [4.69, 9.17) is 16.3 Å². The molecule has 5 rings (SSSR count). The first-order valence-corrected chi connectivity index (χ1v) is 14.0. The Morgan fingerprint density at radius 3 is 2.26 bits per heavy atom.